The fourth-order valence-corrected chi connectivity index (χ4v) is 2.15. The van der Waals surface area contributed by atoms with E-state index in [1.165, 1.54) is 18.3 Å². The highest BCUT2D eigenvalue weighted by molar-refractivity contribution is 6.29. The predicted molar refractivity (Wildman–Crippen MR) is 81.3 cm³/mol. The number of halogens is 2. The van der Waals surface area contributed by atoms with Gasteiger partial charge in [-0.05, 0) is 18.2 Å². The molecule has 2 heterocycles. The highest BCUT2D eigenvalue weighted by atomic mass is 35.5. The highest BCUT2D eigenvalue weighted by Crippen LogP contribution is 2.21. The quantitative estimate of drug-likeness (QED) is 0.744. The van der Waals surface area contributed by atoms with Crippen molar-refractivity contribution in [2.45, 2.75) is 6.61 Å². The number of aromatic amines is 1. The van der Waals surface area contributed by atoms with Gasteiger partial charge in [-0.25, -0.2) is 14.2 Å². The molecule has 0 aliphatic heterocycles. The molecule has 1 aromatic carbocycles. The van der Waals surface area contributed by atoms with Crippen molar-refractivity contribution in [1.29, 1.82) is 0 Å². The number of esters is 1. The molecule has 0 saturated heterocycles. The Morgan fingerprint density at radius 1 is 1.43 bits per heavy atom. The number of ether oxygens (including phenoxy) is 1. The lowest BCUT2D eigenvalue weighted by Crippen LogP contribution is -2.08. The Labute approximate surface area is 135 Å². The van der Waals surface area contributed by atoms with Crippen molar-refractivity contribution in [2.24, 2.45) is 7.05 Å². The van der Waals surface area contributed by atoms with Crippen LogP contribution in [0.4, 0.5) is 4.39 Å². The van der Waals surface area contributed by atoms with Gasteiger partial charge in [-0.2, -0.15) is 5.10 Å². The average molecular weight is 335 g/mol. The summed E-state index contributed by atoms with van der Waals surface area (Å²) in [6.45, 7) is -0.0316. The van der Waals surface area contributed by atoms with Crippen molar-refractivity contribution in [2.75, 3.05) is 0 Å². The summed E-state index contributed by atoms with van der Waals surface area (Å²) in [5.41, 5.74) is 0.761. The second kappa shape index (κ2) is 6.21. The smallest absolute Gasteiger partial charge is 0.356 e. The molecule has 3 rings (SSSR count). The molecule has 6 nitrogen and oxygen atoms in total. The summed E-state index contributed by atoms with van der Waals surface area (Å²) in [7, 11) is 1.71. The van der Waals surface area contributed by atoms with Crippen LogP contribution < -0.4 is 0 Å². The van der Waals surface area contributed by atoms with Crippen molar-refractivity contribution >= 4 is 17.6 Å². The Hall–Kier alpha value is -2.67. The van der Waals surface area contributed by atoms with E-state index in [9.17, 15) is 9.18 Å². The first-order chi connectivity index (χ1) is 11.1. The van der Waals surface area contributed by atoms with Crippen LogP contribution in [0.3, 0.4) is 0 Å². The molecule has 0 fully saturated rings. The van der Waals surface area contributed by atoms with E-state index in [1.807, 2.05) is 0 Å². The van der Waals surface area contributed by atoms with Gasteiger partial charge in [-0.1, -0.05) is 23.7 Å². The zero-order valence-electron chi connectivity index (χ0n) is 12.1. The Morgan fingerprint density at radius 2 is 2.22 bits per heavy atom. The summed E-state index contributed by atoms with van der Waals surface area (Å²) < 4.78 is 20.5. The molecule has 0 aliphatic rings. The van der Waals surface area contributed by atoms with E-state index in [-0.39, 0.29) is 12.3 Å². The van der Waals surface area contributed by atoms with Crippen LogP contribution in [-0.4, -0.2) is 25.7 Å². The first kappa shape index (κ1) is 15.2. The molecule has 0 aliphatic carbocycles. The van der Waals surface area contributed by atoms with Gasteiger partial charge in [-0.15, -0.1) is 0 Å². The summed E-state index contributed by atoms with van der Waals surface area (Å²) in [6.07, 6.45) is 1.47. The topological polar surface area (TPSA) is 72.8 Å². The summed E-state index contributed by atoms with van der Waals surface area (Å²) in [4.78, 5) is 16.0. The first-order valence-corrected chi connectivity index (χ1v) is 7.07. The van der Waals surface area contributed by atoms with E-state index in [0.717, 1.165) is 0 Å². The lowest BCUT2D eigenvalue weighted by molar-refractivity contribution is 0.0452. The molecule has 118 valence electrons. The van der Waals surface area contributed by atoms with Crippen molar-refractivity contribution in [3.8, 4) is 11.3 Å². The zero-order valence-corrected chi connectivity index (χ0v) is 12.8. The van der Waals surface area contributed by atoms with Gasteiger partial charge < -0.3 is 9.30 Å². The van der Waals surface area contributed by atoms with Crippen LogP contribution >= 0.6 is 11.6 Å². The van der Waals surface area contributed by atoms with Gasteiger partial charge in [0, 0.05) is 12.6 Å². The Bertz CT molecular complexity index is 859. The number of carbonyl (C=O) groups excluding carboxylic acids is 1. The maximum atomic E-state index is 13.7. The number of rotatable bonds is 4. The predicted octanol–water partition coefficient (Wildman–Crippen LogP) is 2.96. The third-order valence-corrected chi connectivity index (χ3v) is 3.66. The third-order valence-electron chi connectivity index (χ3n) is 3.31. The number of imidazole rings is 1. The van der Waals surface area contributed by atoms with Crippen molar-refractivity contribution in [3.05, 3.63) is 59.0 Å². The van der Waals surface area contributed by atoms with E-state index in [0.29, 0.717) is 22.2 Å². The Balaban J connectivity index is 1.72. The number of hydrogen-bond acceptors (Lipinski definition) is 4. The molecular weight excluding hydrogens is 323 g/mol. The van der Waals surface area contributed by atoms with Crippen LogP contribution in [0, 0.1) is 5.82 Å². The number of H-pyrrole nitrogens is 1. The van der Waals surface area contributed by atoms with Crippen molar-refractivity contribution in [3.63, 3.8) is 0 Å². The van der Waals surface area contributed by atoms with Gasteiger partial charge in [0.15, 0.2) is 0 Å². The molecule has 0 unspecified atom stereocenters. The molecular formula is C15H12ClFN4O2. The summed E-state index contributed by atoms with van der Waals surface area (Å²) in [6, 6.07) is 7.62. The molecule has 0 saturated carbocycles. The summed E-state index contributed by atoms with van der Waals surface area (Å²) >= 11 is 5.86. The lowest BCUT2D eigenvalue weighted by atomic mass is 10.1. The zero-order chi connectivity index (χ0) is 16.4. The normalized spacial score (nSPS) is 10.7. The van der Waals surface area contributed by atoms with Gasteiger partial charge in [0.1, 0.15) is 29.1 Å². The summed E-state index contributed by atoms with van der Waals surface area (Å²) in [5, 5.41) is 6.92. The largest absolute Gasteiger partial charge is 0.453 e. The molecule has 23 heavy (non-hydrogen) atoms. The molecule has 8 heteroatoms. The number of nitrogens with one attached hydrogen (secondary N) is 1. The molecule has 1 N–H and O–H groups in total. The monoisotopic (exact) mass is 334 g/mol. The molecule has 3 aromatic rings. The van der Waals surface area contributed by atoms with Crippen LogP contribution in [-0.2, 0) is 18.4 Å². The minimum Gasteiger partial charge on any atom is -0.453 e. The van der Waals surface area contributed by atoms with E-state index in [1.54, 1.807) is 29.8 Å². The number of aromatic nitrogens is 4. The number of benzene rings is 1. The van der Waals surface area contributed by atoms with E-state index < -0.39 is 11.8 Å². The number of carbonyl (C=O) groups is 1. The van der Waals surface area contributed by atoms with E-state index in [4.69, 9.17) is 16.3 Å². The fourth-order valence-electron chi connectivity index (χ4n) is 2.00. The van der Waals surface area contributed by atoms with Gasteiger partial charge >= 0.3 is 5.97 Å². The van der Waals surface area contributed by atoms with Crippen LogP contribution in [0.2, 0.25) is 5.15 Å². The molecule has 0 amide bonds. The molecule has 0 radical (unpaired) electrons. The molecule has 0 spiro atoms. The van der Waals surface area contributed by atoms with Crippen molar-refractivity contribution in [1.82, 2.24) is 19.7 Å². The average Bonchev–Trinajstić information content (AvgIpc) is 3.15. The highest BCUT2D eigenvalue weighted by Gasteiger charge is 2.15. The van der Waals surface area contributed by atoms with Crippen molar-refractivity contribution < 1.29 is 13.9 Å². The van der Waals surface area contributed by atoms with Gasteiger partial charge in [0.25, 0.3) is 0 Å². The second-order valence-electron chi connectivity index (χ2n) is 4.78. The Morgan fingerprint density at radius 3 is 2.91 bits per heavy atom. The minimum atomic E-state index is -0.612. The fraction of sp³-hybridized carbons (Fsp3) is 0.133. The number of hydrogen-bond donors (Lipinski definition) is 1. The lowest BCUT2D eigenvalue weighted by Gasteiger charge is -2.03. The van der Waals surface area contributed by atoms with Gasteiger partial charge in [-0.3, -0.25) is 5.10 Å². The van der Waals surface area contributed by atoms with Crippen LogP contribution in [0.15, 0.2) is 36.5 Å². The standard InChI is InChI=1S/C15H12ClFN4O2/c1-21-13(16)7-18-14(21)8-23-15(22)12-6-11(19-20-12)9-4-2-3-5-10(9)17/h2-7H,8H2,1H3,(H,19,20). The Kier molecular flexibility index (Phi) is 4.12. The SMILES string of the molecule is Cn1c(Cl)cnc1COC(=O)c1cc(-c2ccccc2F)n[nH]1. The van der Waals surface area contributed by atoms with E-state index >= 15 is 0 Å². The van der Waals surface area contributed by atoms with Gasteiger partial charge in [0.2, 0.25) is 0 Å². The van der Waals surface area contributed by atoms with Gasteiger partial charge in [0.05, 0.1) is 11.9 Å². The minimum absolute atomic E-state index is 0.0316. The second-order valence-corrected chi connectivity index (χ2v) is 5.17. The van der Waals surface area contributed by atoms with Crippen LogP contribution in [0.25, 0.3) is 11.3 Å². The van der Waals surface area contributed by atoms with E-state index in [2.05, 4.69) is 15.2 Å². The molecule has 0 bridgehead atoms. The third kappa shape index (κ3) is 3.09. The number of nitrogens with zero attached hydrogens (tertiary/aromatic N) is 3. The first-order valence-electron chi connectivity index (χ1n) is 6.70. The maximum Gasteiger partial charge on any atom is 0.356 e. The molecule has 2 aromatic heterocycles. The maximum absolute atomic E-state index is 13.7. The summed E-state index contributed by atoms with van der Waals surface area (Å²) in [5.74, 6) is -0.516. The van der Waals surface area contributed by atoms with Crippen LogP contribution in [0.1, 0.15) is 16.3 Å². The van der Waals surface area contributed by atoms with Crippen LogP contribution in [0.5, 0.6) is 0 Å². The molecule has 0 atom stereocenters.